The number of piperidine rings is 1. The van der Waals surface area contributed by atoms with Crippen LogP contribution in [0.3, 0.4) is 0 Å². The molecule has 1 aromatic carbocycles. The molecule has 0 unspecified atom stereocenters. The van der Waals surface area contributed by atoms with Gasteiger partial charge in [-0.25, -0.2) is 4.98 Å². The van der Waals surface area contributed by atoms with Gasteiger partial charge < -0.3 is 20.3 Å². The fourth-order valence-electron chi connectivity index (χ4n) is 3.77. The highest BCUT2D eigenvalue weighted by Crippen LogP contribution is 2.24. The lowest BCUT2D eigenvalue weighted by molar-refractivity contribution is -0.115. The molecule has 0 spiro atoms. The lowest BCUT2D eigenvalue weighted by Gasteiger charge is -2.35. The number of nitrogens with zero attached hydrogens (tertiary/aromatic N) is 2. The van der Waals surface area contributed by atoms with Gasteiger partial charge in [-0.15, -0.1) is 0 Å². The number of halogens is 1. The van der Waals surface area contributed by atoms with Crippen molar-refractivity contribution < 1.29 is 14.3 Å². The average Bonchev–Trinajstić information content (AvgIpc) is 2.75. The number of ether oxygens (including phenoxy) is 1. The molecule has 1 aliphatic heterocycles. The van der Waals surface area contributed by atoms with Gasteiger partial charge in [0.05, 0.1) is 18.6 Å². The molecule has 1 aromatic heterocycles. The minimum absolute atomic E-state index is 0.0110. The summed E-state index contributed by atoms with van der Waals surface area (Å²) in [5.41, 5.74) is 0.999. The number of methoxy groups -OCH3 is 1. The van der Waals surface area contributed by atoms with Crippen molar-refractivity contribution in [3.63, 3.8) is 0 Å². The molecular weight excluding hydrogens is 416 g/mol. The van der Waals surface area contributed by atoms with Gasteiger partial charge in [-0.2, -0.15) is 0 Å². The third-order valence-corrected chi connectivity index (χ3v) is 5.75. The second-order valence-electron chi connectivity index (χ2n) is 7.95. The lowest BCUT2D eigenvalue weighted by atomic mass is 9.99. The van der Waals surface area contributed by atoms with Crippen LogP contribution in [0.2, 0.25) is 5.02 Å². The predicted octanol–water partition coefficient (Wildman–Crippen LogP) is 3.53. The second-order valence-corrected chi connectivity index (χ2v) is 8.39. The third-order valence-electron chi connectivity index (χ3n) is 5.52. The largest absolute Gasteiger partial charge is 0.496 e. The summed E-state index contributed by atoms with van der Waals surface area (Å²) in [5, 5.41) is 6.35. The SMILES string of the molecule is COc1cccc(C(=O)NC2CCN(C(C)C)CC2)c1CC(=O)Nc1ccc(Cl)cn1. The molecule has 0 bridgehead atoms. The molecule has 0 radical (unpaired) electrons. The maximum atomic E-state index is 13.1. The maximum Gasteiger partial charge on any atom is 0.251 e. The monoisotopic (exact) mass is 444 g/mol. The van der Waals surface area contributed by atoms with E-state index in [1.54, 1.807) is 30.3 Å². The Hall–Kier alpha value is -2.64. The van der Waals surface area contributed by atoms with Gasteiger partial charge in [0.1, 0.15) is 11.6 Å². The van der Waals surface area contributed by atoms with E-state index in [4.69, 9.17) is 16.3 Å². The van der Waals surface area contributed by atoms with Crippen LogP contribution in [0.15, 0.2) is 36.5 Å². The predicted molar refractivity (Wildman–Crippen MR) is 122 cm³/mol. The summed E-state index contributed by atoms with van der Waals surface area (Å²) in [6, 6.07) is 9.14. The number of likely N-dealkylation sites (tertiary alicyclic amines) is 1. The van der Waals surface area contributed by atoms with Crippen molar-refractivity contribution in [2.45, 2.75) is 45.2 Å². The molecule has 0 aliphatic carbocycles. The number of pyridine rings is 1. The molecular formula is C23H29ClN4O3. The van der Waals surface area contributed by atoms with Crippen molar-refractivity contribution in [1.82, 2.24) is 15.2 Å². The summed E-state index contributed by atoms with van der Waals surface area (Å²) >= 11 is 5.84. The zero-order valence-corrected chi connectivity index (χ0v) is 18.9. The molecule has 2 N–H and O–H groups in total. The highest BCUT2D eigenvalue weighted by atomic mass is 35.5. The molecule has 2 heterocycles. The summed E-state index contributed by atoms with van der Waals surface area (Å²) in [4.78, 5) is 32.2. The summed E-state index contributed by atoms with van der Waals surface area (Å²) in [7, 11) is 1.53. The number of carbonyl (C=O) groups excluding carboxylic acids is 2. The molecule has 8 heteroatoms. The highest BCUT2D eigenvalue weighted by Gasteiger charge is 2.24. The first-order valence-electron chi connectivity index (χ1n) is 10.5. The number of aromatic nitrogens is 1. The van der Waals surface area contributed by atoms with Crippen LogP contribution in [0.4, 0.5) is 5.82 Å². The number of amides is 2. The number of hydrogen-bond donors (Lipinski definition) is 2. The van der Waals surface area contributed by atoms with Crippen molar-refractivity contribution >= 4 is 29.2 Å². The minimum atomic E-state index is -0.293. The fraction of sp³-hybridized carbons (Fsp3) is 0.435. The van der Waals surface area contributed by atoms with E-state index in [1.165, 1.54) is 13.3 Å². The molecule has 0 saturated carbocycles. The zero-order chi connectivity index (χ0) is 22.4. The topological polar surface area (TPSA) is 83.6 Å². The lowest BCUT2D eigenvalue weighted by Crippen LogP contribution is -2.46. The third kappa shape index (κ3) is 6.18. The van der Waals surface area contributed by atoms with Gasteiger partial charge in [-0.1, -0.05) is 17.7 Å². The van der Waals surface area contributed by atoms with Crippen LogP contribution >= 0.6 is 11.6 Å². The normalized spacial score (nSPS) is 15.0. The Kier molecular flexibility index (Phi) is 7.87. The van der Waals surface area contributed by atoms with Crippen molar-refractivity contribution in [2.75, 3.05) is 25.5 Å². The summed E-state index contributed by atoms with van der Waals surface area (Å²) in [5.74, 6) is 0.418. The van der Waals surface area contributed by atoms with Crippen LogP contribution in [0.25, 0.3) is 0 Å². The van der Waals surface area contributed by atoms with Gasteiger partial charge in [-0.3, -0.25) is 9.59 Å². The Balaban J connectivity index is 1.70. The quantitative estimate of drug-likeness (QED) is 0.682. The van der Waals surface area contributed by atoms with Crippen LogP contribution in [0, 0.1) is 0 Å². The van der Waals surface area contributed by atoms with Crippen LogP contribution in [-0.2, 0) is 11.2 Å². The van der Waals surface area contributed by atoms with Gasteiger partial charge >= 0.3 is 0 Å². The summed E-state index contributed by atoms with van der Waals surface area (Å²) < 4.78 is 5.43. The first-order chi connectivity index (χ1) is 14.9. The molecule has 0 atom stereocenters. The highest BCUT2D eigenvalue weighted by molar-refractivity contribution is 6.30. The molecule has 7 nitrogen and oxygen atoms in total. The van der Waals surface area contributed by atoms with E-state index in [0.717, 1.165) is 25.9 Å². The molecule has 1 saturated heterocycles. The second kappa shape index (κ2) is 10.6. The van der Waals surface area contributed by atoms with Gasteiger partial charge in [0.25, 0.3) is 5.91 Å². The van der Waals surface area contributed by atoms with Crippen molar-refractivity contribution in [1.29, 1.82) is 0 Å². The zero-order valence-electron chi connectivity index (χ0n) is 18.2. The van der Waals surface area contributed by atoms with Crippen LogP contribution in [0.5, 0.6) is 5.75 Å². The van der Waals surface area contributed by atoms with Crippen molar-refractivity contribution in [2.24, 2.45) is 0 Å². The molecule has 3 rings (SSSR count). The Morgan fingerprint density at radius 3 is 2.58 bits per heavy atom. The molecule has 2 amide bonds. The van der Waals surface area contributed by atoms with E-state index in [-0.39, 0.29) is 24.3 Å². The average molecular weight is 445 g/mol. The van der Waals surface area contributed by atoms with E-state index < -0.39 is 0 Å². The molecule has 1 fully saturated rings. The van der Waals surface area contributed by atoms with E-state index in [2.05, 4.69) is 34.4 Å². The first kappa shape index (κ1) is 23.0. The number of rotatable bonds is 7. The Bertz CT molecular complexity index is 910. The van der Waals surface area contributed by atoms with Gasteiger partial charge in [0, 0.05) is 42.5 Å². The molecule has 1 aliphatic rings. The molecule has 166 valence electrons. The summed E-state index contributed by atoms with van der Waals surface area (Å²) in [6.45, 7) is 6.30. The van der Waals surface area contributed by atoms with Crippen LogP contribution in [0.1, 0.15) is 42.6 Å². The Labute approximate surface area is 188 Å². The first-order valence-corrected chi connectivity index (χ1v) is 10.9. The Morgan fingerprint density at radius 2 is 1.97 bits per heavy atom. The van der Waals surface area contributed by atoms with Crippen LogP contribution < -0.4 is 15.4 Å². The van der Waals surface area contributed by atoms with E-state index in [9.17, 15) is 9.59 Å². The minimum Gasteiger partial charge on any atom is -0.496 e. The molecule has 2 aromatic rings. The van der Waals surface area contributed by atoms with Crippen molar-refractivity contribution in [3.05, 3.63) is 52.7 Å². The van der Waals surface area contributed by atoms with Gasteiger partial charge in [-0.05, 0) is 51.0 Å². The number of benzene rings is 1. The van der Waals surface area contributed by atoms with E-state index in [1.807, 2.05) is 0 Å². The van der Waals surface area contributed by atoms with E-state index in [0.29, 0.717) is 33.8 Å². The van der Waals surface area contributed by atoms with Gasteiger partial charge in [0.15, 0.2) is 0 Å². The fourth-order valence-corrected chi connectivity index (χ4v) is 3.88. The van der Waals surface area contributed by atoms with Gasteiger partial charge in [0.2, 0.25) is 5.91 Å². The van der Waals surface area contributed by atoms with Crippen LogP contribution in [-0.4, -0.2) is 54.0 Å². The number of nitrogens with one attached hydrogen (secondary N) is 2. The molecule has 31 heavy (non-hydrogen) atoms. The standard InChI is InChI=1S/C23H29ClN4O3/c1-15(2)28-11-9-17(10-12-28)26-23(30)18-5-4-6-20(31-3)19(18)13-22(29)27-21-8-7-16(24)14-25-21/h4-8,14-15,17H,9-13H2,1-3H3,(H,26,30)(H,25,27,29). The maximum absolute atomic E-state index is 13.1. The van der Waals surface area contributed by atoms with Crippen molar-refractivity contribution in [3.8, 4) is 5.75 Å². The number of hydrogen-bond acceptors (Lipinski definition) is 5. The smallest absolute Gasteiger partial charge is 0.251 e. The number of anilines is 1. The Morgan fingerprint density at radius 1 is 1.23 bits per heavy atom. The number of carbonyl (C=O) groups is 2. The van der Waals surface area contributed by atoms with E-state index >= 15 is 0 Å². The summed E-state index contributed by atoms with van der Waals surface area (Å²) in [6.07, 6.45) is 3.27.